The van der Waals surface area contributed by atoms with E-state index in [-0.39, 0.29) is 11.4 Å². The van der Waals surface area contributed by atoms with Gasteiger partial charge in [0.2, 0.25) is 0 Å². The van der Waals surface area contributed by atoms with Crippen LogP contribution < -0.4 is 5.32 Å². The highest BCUT2D eigenvalue weighted by molar-refractivity contribution is 5.99. The summed E-state index contributed by atoms with van der Waals surface area (Å²) in [6.45, 7) is 8.65. The molecular weight excluding hydrogens is 252 g/mol. The van der Waals surface area contributed by atoms with E-state index in [1.807, 2.05) is 24.9 Å². The van der Waals surface area contributed by atoms with Gasteiger partial charge in [-0.15, -0.1) is 0 Å². The number of anilines is 1. The first-order valence-corrected chi connectivity index (χ1v) is 7.00. The van der Waals surface area contributed by atoms with Crippen molar-refractivity contribution in [2.24, 2.45) is 0 Å². The van der Waals surface area contributed by atoms with Gasteiger partial charge in [0.25, 0.3) is 5.91 Å². The van der Waals surface area contributed by atoms with Crippen molar-refractivity contribution in [2.75, 3.05) is 39.0 Å². The van der Waals surface area contributed by atoms with Crippen LogP contribution in [0.5, 0.6) is 0 Å². The molecule has 2 heterocycles. The smallest absolute Gasteiger partial charge is 0.257 e. The fourth-order valence-electron chi connectivity index (χ4n) is 2.52. The molecule has 0 unspecified atom stereocenters. The SMILES string of the molecule is CNc1cc(C)ncc1C(=O)N1CCN(C)C(C)(C)C1. The number of carbonyl (C=O) groups excluding carboxylic acids is 1. The van der Waals surface area contributed by atoms with Crippen LogP contribution in [0, 0.1) is 6.92 Å². The second kappa shape index (κ2) is 5.40. The number of pyridine rings is 1. The van der Waals surface area contributed by atoms with Crippen LogP contribution in [0.15, 0.2) is 12.3 Å². The first-order chi connectivity index (χ1) is 9.35. The van der Waals surface area contributed by atoms with Crippen molar-refractivity contribution in [1.82, 2.24) is 14.8 Å². The number of piperazine rings is 1. The molecule has 0 atom stereocenters. The normalized spacial score (nSPS) is 18.9. The Morgan fingerprint density at radius 1 is 1.40 bits per heavy atom. The topological polar surface area (TPSA) is 48.5 Å². The van der Waals surface area contributed by atoms with Gasteiger partial charge in [-0.25, -0.2) is 0 Å². The molecule has 1 aliphatic heterocycles. The zero-order valence-corrected chi connectivity index (χ0v) is 13.0. The van der Waals surface area contributed by atoms with Crippen LogP contribution in [-0.2, 0) is 0 Å². The lowest BCUT2D eigenvalue weighted by Crippen LogP contribution is -2.58. The second-order valence-corrected chi connectivity index (χ2v) is 6.08. The average molecular weight is 276 g/mol. The van der Waals surface area contributed by atoms with E-state index < -0.39 is 0 Å². The Bertz CT molecular complexity index is 513. The molecule has 0 aromatic carbocycles. The third-order valence-corrected chi connectivity index (χ3v) is 4.14. The van der Waals surface area contributed by atoms with E-state index in [2.05, 4.69) is 36.1 Å². The largest absolute Gasteiger partial charge is 0.387 e. The lowest BCUT2D eigenvalue weighted by Gasteiger charge is -2.45. The van der Waals surface area contributed by atoms with Crippen molar-refractivity contribution in [3.8, 4) is 0 Å². The van der Waals surface area contributed by atoms with Crippen molar-refractivity contribution >= 4 is 11.6 Å². The van der Waals surface area contributed by atoms with Gasteiger partial charge in [-0.1, -0.05) is 0 Å². The minimum absolute atomic E-state index is 0.00580. The van der Waals surface area contributed by atoms with Crippen molar-refractivity contribution in [3.63, 3.8) is 0 Å². The molecular formula is C15H24N4O. The number of nitrogens with one attached hydrogen (secondary N) is 1. The Balaban J connectivity index is 2.24. The third-order valence-electron chi connectivity index (χ3n) is 4.14. The molecule has 0 spiro atoms. The summed E-state index contributed by atoms with van der Waals surface area (Å²) in [6, 6.07) is 1.91. The summed E-state index contributed by atoms with van der Waals surface area (Å²) < 4.78 is 0. The second-order valence-electron chi connectivity index (χ2n) is 6.08. The average Bonchev–Trinajstić information content (AvgIpc) is 2.40. The highest BCUT2D eigenvalue weighted by Gasteiger charge is 2.34. The van der Waals surface area contributed by atoms with E-state index >= 15 is 0 Å². The molecule has 0 aliphatic carbocycles. The van der Waals surface area contributed by atoms with Crippen molar-refractivity contribution in [3.05, 3.63) is 23.5 Å². The molecule has 2 rings (SSSR count). The molecule has 5 nitrogen and oxygen atoms in total. The number of hydrogen-bond acceptors (Lipinski definition) is 4. The van der Waals surface area contributed by atoms with Crippen LogP contribution in [0.1, 0.15) is 29.9 Å². The third kappa shape index (κ3) is 2.77. The maximum Gasteiger partial charge on any atom is 0.257 e. The van der Waals surface area contributed by atoms with Gasteiger partial charge < -0.3 is 10.2 Å². The molecule has 1 fully saturated rings. The van der Waals surface area contributed by atoms with E-state index in [4.69, 9.17) is 0 Å². The highest BCUT2D eigenvalue weighted by Crippen LogP contribution is 2.23. The maximum absolute atomic E-state index is 12.7. The lowest BCUT2D eigenvalue weighted by molar-refractivity contribution is 0.0312. The molecule has 1 aromatic rings. The molecule has 1 aliphatic rings. The summed E-state index contributed by atoms with van der Waals surface area (Å²) in [6.07, 6.45) is 1.68. The first kappa shape index (κ1) is 14.8. The van der Waals surface area contributed by atoms with Crippen LogP contribution in [-0.4, -0.2) is 60.0 Å². The van der Waals surface area contributed by atoms with Gasteiger partial charge in [0.1, 0.15) is 0 Å². The molecule has 0 bridgehead atoms. The van der Waals surface area contributed by atoms with Gasteiger partial charge in [-0.2, -0.15) is 0 Å². The van der Waals surface area contributed by atoms with E-state index in [0.29, 0.717) is 5.56 Å². The maximum atomic E-state index is 12.7. The van der Waals surface area contributed by atoms with Gasteiger partial charge in [0, 0.05) is 44.1 Å². The molecule has 110 valence electrons. The number of amides is 1. The molecule has 0 radical (unpaired) electrons. The number of nitrogens with zero attached hydrogens (tertiary/aromatic N) is 3. The zero-order chi connectivity index (χ0) is 14.9. The molecule has 5 heteroatoms. The number of carbonyl (C=O) groups is 1. The van der Waals surface area contributed by atoms with Gasteiger partial charge in [-0.05, 0) is 33.9 Å². The van der Waals surface area contributed by atoms with Gasteiger partial charge in [0.05, 0.1) is 11.3 Å². The highest BCUT2D eigenvalue weighted by atomic mass is 16.2. The van der Waals surface area contributed by atoms with E-state index in [1.165, 1.54) is 0 Å². The molecule has 0 saturated carbocycles. The number of likely N-dealkylation sites (N-methyl/N-ethyl adjacent to an activating group) is 1. The number of rotatable bonds is 2. The fraction of sp³-hybridized carbons (Fsp3) is 0.600. The quantitative estimate of drug-likeness (QED) is 0.891. The predicted octanol–water partition coefficient (Wildman–Crippen LogP) is 1.60. The summed E-state index contributed by atoms with van der Waals surface area (Å²) in [5.41, 5.74) is 2.41. The fourth-order valence-corrected chi connectivity index (χ4v) is 2.52. The Labute approximate surface area is 121 Å². The van der Waals surface area contributed by atoms with E-state index in [9.17, 15) is 4.79 Å². The van der Waals surface area contributed by atoms with Gasteiger partial charge in [0.15, 0.2) is 0 Å². The minimum atomic E-state index is 0.00580. The van der Waals surface area contributed by atoms with Gasteiger partial charge in [-0.3, -0.25) is 14.7 Å². The summed E-state index contributed by atoms with van der Waals surface area (Å²) in [4.78, 5) is 21.2. The molecule has 1 saturated heterocycles. The Hall–Kier alpha value is -1.62. The Kier molecular flexibility index (Phi) is 3.99. The van der Waals surface area contributed by atoms with Crippen LogP contribution in [0.4, 0.5) is 5.69 Å². The van der Waals surface area contributed by atoms with Crippen LogP contribution in [0.3, 0.4) is 0 Å². The van der Waals surface area contributed by atoms with Crippen LogP contribution >= 0.6 is 0 Å². The predicted molar refractivity (Wildman–Crippen MR) is 81.1 cm³/mol. The molecule has 20 heavy (non-hydrogen) atoms. The van der Waals surface area contributed by atoms with E-state index in [1.54, 1.807) is 6.20 Å². The van der Waals surface area contributed by atoms with Crippen molar-refractivity contribution in [1.29, 1.82) is 0 Å². The number of aromatic nitrogens is 1. The number of hydrogen-bond donors (Lipinski definition) is 1. The molecule has 1 amide bonds. The first-order valence-electron chi connectivity index (χ1n) is 7.00. The summed E-state index contributed by atoms with van der Waals surface area (Å²) >= 11 is 0. The van der Waals surface area contributed by atoms with Crippen molar-refractivity contribution < 1.29 is 4.79 Å². The Morgan fingerprint density at radius 2 is 2.10 bits per heavy atom. The summed E-state index contributed by atoms with van der Waals surface area (Å²) in [5.74, 6) is 0.0584. The van der Waals surface area contributed by atoms with Gasteiger partial charge >= 0.3 is 0 Å². The Morgan fingerprint density at radius 3 is 2.70 bits per heavy atom. The lowest BCUT2D eigenvalue weighted by atomic mass is 9.99. The van der Waals surface area contributed by atoms with Crippen molar-refractivity contribution in [2.45, 2.75) is 26.3 Å². The van der Waals surface area contributed by atoms with Crippen LogP contribution in [0.2, 0.25) is 0 Å². The minimum Gasteiger partial charge on any atom is -0.387 e. The summed E-state index contributed by atoms with van der Waals surface area (Å²) in [5, 5.41) is 3.09. The summed E-state index contributed by atoms with van der Waals surface area (Å²) in [7, 11) is 3.94. The standard InChI is InChI=1S/C15H24N4O/c1-11-8-13(16-4)12(9-17-11)14(20)19-7-6-18(5)15(2,3)10-19/h8-9H,6-7,10H2,1-5H3,(H,16,17). The molecule has 1 aromatic heterocycles. The zero-order valence-electron chi connectivity index (χ0n) is 13.0. The van der Waals surface area contributed by atoms with E-state index in [0.717, 1.165) is 31.0 Å². The number of aryl methyl sites for hydroxylation is 1. The van der Waals surface area contributed by atoms with Crippen LogP contribution in [0.25, 0.3) is 0 Å². The molecule has 1 N–H and O–H groups in total. The monoisotopic (exact) mass is 276 g/mol.